The summed E-state index contributed by atoms with van der Waals surface area (Å²) >= 11 is 0. The molecule has 4 N–H and O–H groups in total. The van der Waals surface area contributed by atoms with Gasteiger partial charge in [-0.3, -0.25) is 9.59 Å². The number of hydrogen-bond acceptors (Lipinski definition) is 4. The van der Waals surface area contributed by atoms with Gasteiger partial charge < -0.3 is 20.9 Å². The van der Waals surface area contributed by atoms with E-state index >= 15 is 0 Å². The fraction of sp³-hybridized carbons (Fsp3) is 0.467. The Balaban J connectivity index is 1.83. The number of nitrogens with one attached hydrogen (secondary N) is 1. The Bertz CT molecular complexity index is 510. The summed E-state index contributed by atoms with van der Waals surface area (Å²) in [5.41, 5.74) is 5.50. The van der Waals surface area contributed by atoms with Crippen LogP contribution in [0.3, 0.4) is 0 Å². The van der Waals surface area contributed by atoms with Crippen LogP contribution in [-0.4, -0.2) is 35.7 Å². The third kappa shape index (κ3) is 4.46. The van der Waals surface area contributed by atoms with Gasteiger partial charge >= 0.3 is 0 Å². The molecule has 1 aliphatic rings. The van der Waals surface area contributed by atoms with Gasteiger partial charge in [0, 0.05) is 6.04 Å². The molecule has 1 aromatic rings. The van der Waals surface area contributed by atoms with Crippen molar-refractivity contribution < 1.29 is 19.4 Å². The first-order valence-corrected chi connectivity index (χ1v) is 7.05. The molecule has 2 amide bonds. The van der Waals surface area contributed by atoms with E-state index in [1.807, 2.05) is 0 Å². The Kier molecular flexibility index (Phi) is 5.16. The van der Waals surface area contributed by atoms with Crippen molar-refractivity contribution in [1.29, 1.82) is 0 Å². The van der Waals surface area contributed by atoms with Gasteiger partial charge in [-0.15, -0.1) is 0 Å². The minimum Gasteiger partial charge on any atom is -0.483 e. The van der Waals surface area contributed by atoms with Gasteiger partial charge in [0.15, 0.2) is 6.61 Å². The van der Waals surface area contributed by atoms with E-state index in [2.05, 4.69) is 5.32 Å². The quantitative estimate of drug-likeness (QED) is 0.739. The summed E-state index contributed by atoms with van der Waals surface area (Å²) in [6, 6.07) is 6.63. The molecule has 1 fully saturated rings. The second-order valence-corrected chi connectivity index (χ2v) is 5.22. The average Bonchev–Trinajstić information content (AvgIpc) is 2.48. The summed E-state index contributed by atoms with van der Waals surface area (Å²) in [6.45, 7) is -0.163. The van der Waals surface area contributed by atoms with Crippen LogP contribution in [0, 0.1) is 0 Å². The number of aliphatic hydroxyl groups is 1. The first-order chi connectivity index (χ1) is 10.1. The molecule has 0 aliphatic heterocycles. The number of primary amides is 1. The monoisotopic (exact) mass is 292 g/mol. The highest BCUT2D eigenvalue weighted by Gasteiger charge is 2.21. The van der Waals surface area contributed by atoms with E-state index in [-0.39, 0.29) is 30.2 Å². The summed E-state index contributed by atoms with van der Waals surface area (Å²) in [5.74, 6) is -0.526. The molecular formula is C15H20N2O4. The summed E-state index contributed by atoms with van der Waals surface area (Å²) in [6.07, 6.45) is 2.69. The molecule has 0 aromatic heterocycles. The van der Waals surface area contributed by atoms with Gasteiger partial charge in [0.25, 0.3) is 11.8 Å². The normalized spacial score (nSPS) is 21.6. The van der Waals surface area contributed by atoms with Crippen LogP contribution < -0.4 is 15.8 Å². The Hall–Kier alpha value is -2.08. The summed E-state index contributed by atoms with van der Waals surface area (Å²) < 4.78 is 5.36. The maximum Gasteiger partial charge on any atom is 0.258 e. The molecule has 0 saturated heterocycles. The smallest absolute Gasteiger partial charge is 0.258 e. The number of carbonyl (C=O) groups excluding carboxylic acids is 2. The van der Waals surface area contributed by atoms with E-state index in [1.54, 1.807) is 24.3 Å². The minimum absolute atomic E-state index is 0.0795. The van der Waals surface area contributed by atoms with Gasteiger partial charge in [-0.1, -0.05) is 12.1 Å². The number of carbonyl (C=O) groups is 2. The molecule has 0 atom stereocenters. The van der Waals surface area contributed by atoms with Crippen LogP contribution in [0.25, 0.3) is 0 Å². The SMILES string of the molecule is NC(=O)c1ccccc1OCC(=O)NC1CCC(O)CC1. The second kappa shape index (κ2) is 7.08. The highest BCUT2D eigenvalue weighted by atomic mass is 16.5. The molecule has 0 unspecified atom stereocenters. The van der Waals surface area contributed by atoms with E-state index in [4.69, 9.17) is 10.5 Å². The van der Waals surface area contributed by atoms with Gasteiger partial charge in [-0.05, 0) is 37.8 Å². The number of rotatable bonds is 5. The van der Waals surface area contributed by atoms with Crippen LogP contribution in [-0.2, 0) is 4.79 Å². The first-order valence-electron chi connectivity index (χ1n) is 7.05. The summed E-state index contributed by atoms with van der Waals surface area (Å²) in [5, 5.41) is 12.3. The molecule has 1 saturated carbocycles. The van der Waals surface area contributed by atoms with E-state index in [1.165, 1.54) is 0 Å². The highest BCUT2D eigenvalue weighted by Crippen LogP contribution is 2.19. The molecular weight excluding hydrogens is 272 g/mol. The van der Waals surface area contributed by atoms with Crippen molar-refractivity contribution in [1.82, 2.24) is 5.32 Å². The van der Waals surface area contributed by atoms with Crippen LogP contribution in [0.2, 0.25) is 0 Å². The van der Waals surface area contributed by atoms with E-state index in [0.717, 1.165) is 12.8 Å². The van der Waals surface area contributed by atoms with Gasteiger partial charge in [-0.2, -0.15) is 0 Å². The highest BCUT2D eigenvalue weighted by molar-refractivity contribution is 5.95. The topological polar surface area (TPSA) is 102 Å². The number of ether oxygens (including phenoxy) is 1. The van der Waals surface area contributed by atoms with E-state index in [0.29, 0.717) is 18.6 Å². The maximum absolute atomic E-state index is 11.8. The van der Waals surface area contributed by atoms with Crippen molar-refractivity contribution >= 4 is 11.8 Å². The van der Waals surface area contributed by atoms with Crippen LogP contribution in [0.4, 0.5) is 0 Å². The van der Waals surface area contributed by atoms with Crippen molar-refractivity contribution in [2.24, 2.45) is 5.73 Å². The Labute approximate surface area is 123 Å². The fourth-order valence-corrected chi connectivity index (χ4v) is 2.43. The first kappa shape index (κ1) is 15.3. The van der Waals surface area contributed by atoms with Crippen LogP contribution in [0.5, 0.6) is 5.75 Å². The molecule has 6 heteroatoms. The summed E-state index contributed by atoms with van der Waals surface area (Å²) in [7, 11) is 0. The zero-order valence-corrected chi connectivity index (χ0v) is 11.7. The second-order valence-electron chi connectivity index (χ2n) is 5.22. The van der Waals surface area contributed by atoms with Crippen molar-refractivity contribution in [2.45, 2.75) is 37.8 Å². The number of nitrogens with two attached hydrogens (primary N) is 1. The number of amides is 2. The Morgan fingerprint density at radius 2 is 1.90 bits per heavy atom. The molecule has 2 rings (SSSR count). The van der Waals surface area contributed by atoms with E-state index in [9.17, 15) is 14.7 Å². The van der Waals surface area contributed by atoms with Crippen LogP contribution >= 0.6 is 0 Å². The number of benzene rings is 1. The molecule has 1 aliphatic carbocycles. The third-order valence-corrected chi connectivity index (χ3v) is 3.57. The molecule has 1 aromatic carbocycles. The van der Waals surface area contributed by atoms with Crippen molar-refractivity contribution in [3.05, 3.63) is 29.8 Å². The fourth-order valence-electron chi connectivity index (χ4n) is 2.43. The lowest BCUT2D eigenvalue weighted by Gasteiger charge is -2.26. The average molecular weight is 292 g/mol. The lowest BCUT2D eigenvalue weighted by Crippen LogP contribution is -2.40. The van der Waals surface area contributed by atoms with Crippen molar-refractivity contribution in [3.63, 3.8) is 0 Å². The van der Waals surface area contributed by atoms with Crippen molar-refractivity contribution in [2.75, 3.05) is 6.61 Å². The van der Waals surface area contributed by atoms with Gasteiger partial charge in [0.05, 0.1) is 11.7 Å². The molecule has 6 nitrogen and oxygen atoms in total. The molecule has 0 spiro atoms. The standard InChI is InChI=1S/C15H20N2O4/c16-15(20)12-3-1-2-4-13(12)21-9-14(19)17-10-5-7-11(18)8-6-10/h1-4,10-11,18H,5-9H2,(H2,16,20)(H,17,19). The summed E-state index contributed by atoms with van der Waals surface area (Å²) in [4.78, 5) is 23.1. The predicted octanol–water partition coefficient (Wildman–Crippen LogP) is 0.584. The van der Waals surface area contributed by atoms with Crippen LogP contribution in [0.1, 0.15) is 36.0 Å². The predicted molar refractivity (Wildman–Crippen MR) is 76.9 cm³/mol. The van der Waals surface area contributed by atoms with Gasteiger partial charge in [-0.25, -0.2) is 0 Å². The lowest BCUT2D eigenvalue weighted by molar-refractivity contribution is -0.124. The van der Waals surface area contributed by atoms with Crippen molar-refractivity contribution in [3.8, 4) is 5.75 Å². The number of aliphatic hydroxyl groups excluding tert-OH is 1. The Morgan fingerprint density at radius 1 is 1.24 bits per heavy atom. The molecule has 0 heterocycles. The zero-order chi connectivity index (χ0) is 15.2. The molecule has 114 valence electrons. The van der Waals surface area contributed by atoms with E-state index < -0.39 is 5.91 Å². The number of hydrogen-bond donors (Lipinski definition) is 3. The zero-order valence-electron chi connectivity index (χ0n) is 11.7. The molecule has 0 radical (unpaired) electrons. The van der Waals surface area contributed by atoms with Crippen LogP contribution in [0.15, 0.2) is 24.3 Å². The number of para-hydroxylation sites is 1. The third-order valence-electron chi connectivity index (χ3n) is 3.57. The van der Waals surface area contributed by atoms with Gasteiger partial charge in [0.1, 0.15) is 5.75 Å². The Morgan fingerprint density at radius 3 is 2.57 bits per heavy atom. The maximum atomic E-state index is 11.8. The lowest BCUT2D eigenvalue weighted by atomic mass is 9.93. The molecule has 21 heavy (non-hydrogen) atoms. The molecule has 0 bridgehead atoms. The minimum atomic E-state index is -0.590. The largest absolute Gasteiger partial charge is 0.483 e. The van der Waals surface area contributed by atoms with Gasteiger partial charge in [0.2, 0.25) is 0 Å².